The third kappa shape index (κ3) is 8.67. The Labute approximate surface area is 291 Å². The van der Waals surface area contributed by atoms with Gasteiger partial charge >= 0.3 is 30.6 Å². The molecule has 0 unspecified atom stereocenters. The van der Waals surface area contributed by atoms with Crippen molar-refractivity contribution < 1.29 is 58.9 Å². The van der Waals surface area contributed by atoms with Crippen LogP contribution in [0.3, 0.4) is 0 Å². The molecule has 0 spiro atoms. The van der Waals surface area contributed by atoms with E-state index in [1.54, 1.807) is 13.8 Å². The lowest BCUT2D eigenvalue weighted by molar-refractivity contribution is -0.149. The Morgan fingerprint density at radius 3 is 2.12 bits per heavy atom. The summed E-state index contributed by atoms with van der Waals surface area (Å²) < 4.78 is 129. The van der Waals surface area contributed by atoms with E-state index in [1.165, 1.54) is 20.0 Å². The lowest BCUT2D eigenvalue weighted by Gasteiger charge is -2.46. The van der Waals surface area contributed by atoms with Crippen molar-refractivity contribution in [1.29, 1.82) is 0 Å². The molecule has 0 aliphatic carbocycles. The van der Waals surface area contributed by atoms with E-state index in [0.29, 0.717) is 31.2 Å². The molecule has 3 heterocycles. The summed E-state index contributed by atoms with van der Waals surface area (Å²) in [6, 6.07) is 2.63. The Balaban J connectivity index is 1.89. The first kappa shape index (κ1) is 40.1. The molecule has 10 nitrogen and oxygen atoms in total. The molecule has 0 fully saturated rings. The molecule has 1 aliphatic heterocycles. The highest BCUT2D eigenvalue weighted by atomic mass is 19.4. The van der Waals surface area contributed by atoms with Gasteiger partial charge < -0.3 is 20.9 Å². The van der Waals surface area contributed by atoms with Gasteiger partial charge in [0.1, 0.15) is 23.8 Å². The number of pyridine rings is 1. The Kier molecular flexibility index (Phi) is 11.1. The van der Waals surface area contributed by atoms with Gasteiger partial charge in [0.05, 0.1) is 51.4 Å². The molecule has 4 rings (SSSR count). The summed E-state index contributed by atoms with van der Waals surface area (Å²) in [6.07, 6.45) is -15.6. The van der Waals surface area contributed by atoms with Crippen LogP contribution in [-0.2, 0) is 34.5 Å². The maximum Gasteiger partial charge on any atom is 0.433 e. The van der Waals surface area contributed by atoms with Crippen molar-refractivity contribution >= 4 is 23.4 Å². The van der Waals surface area contributed by atoms with Crippen LogP contribution in [0.25, 0.3) is 0 Å². The van der Waals surface area contributed by atoms with Crippen molar-refractivity contribution in [2.24, 2.45) is 11.1 Å². The predicted molar refractivity (Wildman–Crippen MR) is 168 cm³/mol. The highest BCUT2D eigenvalue weighted by Gasteiger charge is 2.49. The highest BCUT2D eigenvalue weighted by Crippen LogP contribution is 2.46. The van der Waals surface area contributed by atoms with E-state index in [0.717, 1.165) is 11.0 Å². The molecule has 3 aromatic rings. The summed E-state index contributed by atoms with van der Waals surface area (Å²) >= 11 is 0. The number of nitrogens with zero attached hydrogens (tertiary/aromatic N) is 4. The Hall–Kier alpha value is -4.68. The molecule has 1 aromatic carbocycles. The Bertz CT molecular complexity index is 1780. The molecule has 2 aromatic heterocycles. The van der Waals surface area contributed by atoms with Crippen LogP contribution < -0.4 is 16.0 Å². The average Bonchev–Trinajstić information content (AvgIpc) is 3.04. The van der Waals surface area contributed by atoms with Crippen LogP contribution in [-0.4, -0.2) is 50.9 Å². The van der Waals surface area contributed by atoms with Gasteiger partial charge in [0.25, 0.3) is 0 Å². The molecule has 284 valence electrons. The standard InChI is InChI=1S/C33H35F9N6O4/c1-5-9-44-22-15-45-26(46-21(22)12-17-10-18(31(34,35)36)13-19(11-17)32(37,38)39)20-14-30(43,6-2)48(28(51)52-16-29(3,4)27(49)50)23-7-8-24(33(40,41)42)47-25(20)23/h7-8,10-11,13,15,20,44H,5-6,9,12,14,16,43H2,1-4H3,(H,49,50)/t20-,30+/m0/s1. The number of benzene rings is 1. The number of nitrogens with two attached hydrogens (primary N) is 1. The van der Waals surface area contributed by atoms with Crippen LogP contribution in [0.15, 0.2) is 36.5 Å². The largest absolute Gasteiger partial charge is 0.481 e. The van der Waals surface area contributed by atoms with Gasteiger partial charge in [-0.25, -0.2) is 19.7 Å². The van der Waals surface area contributed by atoms with Gasteiger partial charge in [-0.1, -0.05) is 13.8 Å². The van der Waals surface area contributed by atoms with Gasteiger partial charge in [-0.15, -0.1) is 0 Å². The van der Waals surface area contributed by atoms with Crippen molar-refractivity contribution in [2.75, 3.05) is 23.4 Å². The molecule has 1 aliphatic rings. The lowest BCUT2D eigenvalue weighted by atomic mass is 9.83. The van der Waals surface area contributed by atoms with Crippen LogP contribution >= 0.6 is 0 Å². The Morgan fingerprint density at radius 1 is 0.981 bits per heavy atom. The number of fused-ring (bicyclic) bond motifs is 1. The second-order valence-corrected chi connectivity index (χ2v) is 13.0. The van der Waals surface area contributed by atoms with Crippen LogP contribution in [0.4, 0.5) is 55.7 Å². The van der Waals surface area contributed by atoms with Crippen LogP contribution in [0, 0.1) is 5.41 Å². The fourth-order valence-corrected chi connectivity index (χ4v) is 5.47. The molecule has 0 bridgehead atoms. The number of aliphatic carboxylic acids is 1. The van der Waals surface area contributed by atoms with Crippen molar-refractivity contribution in [3.05, 3.63) is 76.1 Å². The summed E-state index contributed by atoms with van der Waals surface area (Å²) in [7, 11) is 0. The SMILES string of the molecule is CCCNc1cnc([C@H]2C[C@@](N)(CC)N(C(=O)OCC(C)(C)C(=O)O)c3ccc(C(F)(F)F)nc32)nc1Cc1cc(C(F)(F)F)cc(C(F)(F)F)c1. The fourth-order valence-electron chi connectivity index (χ4n) is 5.47. The number of halogens is 9. The molecule has 0 radical (unpaired) electrons. The number of carboxylic acid groups (broad SMARTS) is 1. The van der Waals surface area contributed by atoms with E-state index >= 15 is 0 Å². The van der Waals surface area contributed by atoms with Crippen molar-refractivity contribution in [3.8, 4) is 0 Å². The molecule has 19 heteroatoms. The minimum Gasteiger partial charge on any atom is -0.481 e. The number of carboxylic acids is 1. The van der Waals surface area contributed by atoms with Gasteiger partial charge in [0, 0.05) is 13.0 Å². The fraction of sp³-hybridized carbons (Fsp3) is 0.485. The molecule has 4 N–H and O–H groups in total. The summed E-state index contributed by atoms with van der Waals surface area (Å²) in [4.78, 5) is 38.6. The third-order valence-electron chi connectivity index (χ3n) is 8.48. The quantitative estimate of drug-likeness (QED) is 0.176. The van der Waals surface area contributed by atoms with E-state index in [1.807, 2.05) is 0 Å². The second-order valence-electron chi connectivity index (χ2n) is 13.0. The first-order valence-electron chi connectivity index (χ1n) is 15.9. The summed E-state index contributed by atoms with van der Waals surface area (Å²) in [5.41, 5.74) is -1.95. The number of ether oxygens (including phenoxy) is 1. The van der Waals surface area contributed by atoms with Crippen LogP contribution in [0.1, 0.15) is 92.5 Å². The molecule has 52 heavy (non-hydrogen) atoms. The first-order valence-corrected chi connectivity index (χ1v) is 15.9. The van der Waals surface area contributed by atoms with E-state index in [-0.39, 0.29) is 47.5 Å². The minimum absolute atomic E-state index is 0.0149. The van der Waals surface area contributed by atoms with Crippen LogP contribution in [0.5, 0.6) is 0 Å². The maximum atomic E-state index is 14.0. The zero-order valence-electron chi connectivity index (χ0n) is 28.2. The number of carbonyl (C=O) groups excluding carboxylic acids is 1. The number of hydrogen-bond acceptors (Lipinski definition) is 8. The van der Waals surface area contributed by atoms with Gasteiger partial charge in [-0.05, 0) is 69.0 Å². The smallest absolute Gasteiger partial charge is 0.433 e. The number of aromatic nitrogens is 3. The number of nitrogens with one attached hydrogen (secondary N) is 1. The van der Waals surface area contributed by atoms with Crippen LogP contribution in [0.2, 0.25) is 0 Å². The number of anilines is 2. The average molecular weight is 751 g/mol. The van der Waals surface area contributed by atoms with E-state index < -0.39 is 83.0 Å². The molecule has 2 atom stereocenters. The second kappa shape index (κ2) is 14.4. The summed E-state index contributed by atoms with van der Waals surface area (Å²) in [5, 5.41) is 12.4. The molecule has 0 saturated carbocycles. The monoisotopic (exact) mass is 750 g/mol. The molecule has 0 saturated heterocycles. The van der Waals surface area contributed by atoms with Gasteiger partial charge in [0.2, 0.25) is 0 Å². The summed E-state index contributed by atoms with van der Waals surface area (Å²) in [5.74, 6) is -2.81. The van der Waals surface area contributed by atoms with E-state index in [9.17, 15) is 54.2 Å². The van der Waals surface area contributed by atoms with Gasteiger partial charge in [-0.3, -0.25) is 9.69 Å². The summed E-state index contributed by atoms with van der Waals surface area (Å²) in [6.45, 7) is 5.59. The number of rotatable bonds is 10. The topological polar surface area (TPSA) is 144 Å². The maximum absolute atomic E-state index is 14.0. The Morgan fingerprint density at radius 2 is 1.60 bits per heavy atom. The molecule has 1 amide bonds. The van der Waals surface area contributed by atoms with Crippen molar-refractivity contribution in [1.82, 2.24) is 15.0 Å². The van der Waals surface area contributed by atoms with E-state index in [4.69, 9.17) is 10.5 Å². The normalized spacial score (nSPS) is 18.2. The highest BCUT2D eigenvalue weighted by molar-refractivity contribution is 5.91. The van der Waals surface area contributed by atoms with Crippen molar-refractivity contribution in [3.63, 3.8) is 0 Å². The number of carbonyl (C=O) groups is 2. The van der Waals surface area contributed by atoms with E-state index in [2.05, 4.69) is 20.3 Å². The minimum atomic E-state index is -5.12. The van der Waals surface area contributed by atoms with Gasteiger partial charge in [-0.2, -0.15) is 39.5 Å². The van der Waals surface area contributed by atoms with Gasteiger partial charge in [0.15, 0.2) is 0 Å². The predicted octanol–water partition coefficient (Wildman–Crippen LogP) is 8.00. The molecular formula is C33H35F9N6O4. The molecular weight excluding hydrogens is 715 g/mol. The third-order valence-corrected chi connectivity index (χ3v) is 8.48. The zero-order chi connectivity index (χ0) is 39.0. The lowest BCUT2D eigenvalue weighted by Crippen LogP contribution is -2.62. The zero-order valence-corrected chi connectivity index (χ0v) is 28.2. The first-order chi connectivity index (χ1) is 23.9. The number of alkyl halides is 9. The van der Waals surface area contributed by atoms with Crippen molar-refractivity contribution in [2.45, 2.75) is 83.5 Å². The number of amides is 1. The number of hydrogen-bond donors (Lipinski definition) is 3.